The zero-order valence-corrected chi connectivity index (χ0v) is 15.5. The summed E-state index contributed by atoms with van der Waals surface area (Å²) in [6.45, 7) is 0. The van der Waals surface area contributed by atoms with E-state index in [0.717, 1.165) is 23.1 Å². The van der Waals surface area contributed by atoms with E-state index in [-0.39, 0.29) is 17.7 Å². The standard InChI is InChI=1S/C21H18ClN3O2/c1-27-16-8-7-14-9-15(20(22)24-19(14)10-16)12-23-25-21(26)18-11-17(18)13-5-3-2-4-6-13/h2-10,12,17-18H,11H2,1H3,(H,25,26). The molecule has 1 aromatic heterocycles. The van der Waals surface area contributed by atoms with Crippen molar-refractivity contribution in [3.05, 3.63) is 70.9 Å². The molecular formula is C21H18ClN3O2. The monoisotopic (exact) mass is 379 g/mol. The van der Waals surface area contributed by atoms with E-state index < -0.39 is 0 Å². The lowest BCUT2D eigenvalue weighted by Gasteiger charge is -2.05. The average Bonchev–Trinajstić information content (AvgIpc) is 3.49. The number of hydrogen-bond donors (Lipinski definition) is 1. The Hall–Kier alpha value is -2.92. The van der Waals surface area contributed by atoms with Crippen LogP contribution in [0.5, 0.6) is 5.75 Å². The summed E-state index contributed by atoms with van der Waals surface area (Å²) in [6, 6.07) is 17.5. The maximum Gasteiger partial charge on any atom is 0.243 e. The first-order valence-corrected chi connectivity index (χ1v) is 9.05. The van der Waals surface area contributed by atoms with Gasteiger partial charge in [-0.2, -0.15) is 5.10 Å². The maximum absolute atomic E-state index is 12.3. The lowest BCUT2D eigenvalue weighted by Crippen LogP contribution is -2.20. The third-order valence-corrected chi connectivity index (χ3v) is 5.04. The molecule has 5 nitrogen and oxygen atoms in total. The van der Waals surface area contributed by atoms with E-state index in [1.165, 1.54) is 11.8 Å². The van der Waals surface area contributed by atoms with Crippen LogP contribution in [0.2, 0.25) is 5.15 Å². The number of nitrogens with zero attached hydrogens (tertiary/aromatic N) is 2. The number of aromatic nitrogens is 1. The molecule has 1 aliphatic rings. The molecule has 1 aliphatic carbocycles. The van der Waals surface area contributed by atoms with E-state index in [1.807, 2.05) is 42.5 Å². The van der Waals surface area contributed by atoms with Crippen LogP contribution in [0.25, 0.3) is 10.9 Å². The van der Waals surface area contributed by atoms with Crippen LogP contribution in [-0.4, -0.2) is 24.2 Å². The van der Waals surface area contributed by atoms with Crippen molar-refractivity contribution in [1.29, 1.82) is 0 Å². The Balaban J connectivity index is 1.42. The van der Waals surface area contributed by atoms with Crippen LogP contribution in [0.4, 0.5) is 0 Å². The van der Waals surface area contributed by atoms with Crippen LogP contribution < -0.4 is 10.2 Å². The van der Waals surface area contributed by atoms with Crippen molar-refractivity contribution in [2.24, 2.45) is 11.0 Å². The summed E-state index contributed by atoms with van der Waals surface area (Å²) in [7, 11) is 1.61. The van der Waals surface area contributed by atoms with Crippen LogP contribution in [0.1, 0.15) is 23.5 Å². The van der Waals surface area contributed by atoms with Crippen LogP contribution in [-0.2, 0) is 4.79 Å². The smallest absolute Gasteiger partial charge is 0.243 e. The minimum Gasteiger partial charge on any atom is -0.497 e. The number of ether oxygens (including phenoxy) is 1. The summed E-state index contributed by atoms with van der Waals surface area (Å²) < 4.78 is 5.20. The number of rotatable bonds is 5. The molecule has 2 aromatic carbocycles. The average molecular weight is 380 g/mol. The van der Waals surface area contributed by atoms with Crippen molar-refractivity contribution in [3.8, 4) is 5.75 Å². The highest BCUT2D eigenvalue weighted by Crippen LogP contribution is 2.47. The molecule has 6 heteroatoms. The molecule has 27 heavy (non-hydrogen) atoms. The van der Waals surface area contributed by atoms with Gasteiger partial charge in [-0.15, -0.1) is 0 Å². The minimum atomic E-state index is -0.0743. The quantitative estimate of drug-likeness (QED) is 0.411. The molecule has 0 saturated heterocycles. The highest BCUT2D eigenvalue weighted by molar-refractivity contribution is 6.32. The van der Waals surface area contributed by atoms with Gasteiger partial charge in [-0.25, -0.2) is 10.4 Å². The highest BCUT2D eigenvalue weighted by Gasteiger charge is 2.43. The Morgan fingerprint density at radius 2 is 2.07 bits per heavy atom. The number of fused-ring (bicyclic) bond motifs is 1. The molecule has 1 amide bonds. The summed E-state index contributed by atoms with van der Waals surface area (Å²) in [6.07, 6.45) is 2.38. The third-order valence-electron chi connectivity index (χ3n) is 4.74. The van der Waals surface area contributed by atoms with Crippen molar-refractivity contribution in [2.45, 2.75) is 12.3 Å². The summed E-state index contributed by atoms with van der Waals surface area (Å²) in [4.78, 5) is 16.6. The van der Waals surface area contributed by atoms with Gasteiger partial charge in [-0.3, -0.25) is 4.79 Å². The number of amides is 1. The topological polar surface area (TPSA) is 63.6 Å². The molecule has 0 spiro atoms. The summed E-state index contributed by atoms with van der Waals surface area (Å²) >= 11 is 6.24. The van der Waals surface area contributed by atoms with Gasteiger partial charge in [0.05, 0.1) is 18.8 Å². The van der Waals surface area contributed by atoms with Gasteiger partial charge in [0.25, 0.3) is 0 Å². The van der Waals surface area contributed by atoms with Crippen LogP contribution >= 0.6 is 11.6 Å². The van der Waals surface area contributed by atoms with Gasteiger partial charge in [0.15, 0.2) is 0 Å². The van der Waals surface area contributed by atoms with E-state index in [4.69, 9.17) is 16.3 Å². The number of carbonyl (C=O) groups is 1. The number of nitrogens with one attached hydrogen (secondary N) is 1. The first kappa shape index (κ1) is 17.5. The van der Waals surface area contributed by atoms with Gasteiger partial charge in [-0.1, -0.05) is 41.9 Å². The molecule has 1 heterocycles. The van der Waals surface area contributed by atoms with Gasteiger partial charge in [0.2, 0.25) is 5.91 Å². The molecular weight excluding hydrogens is 362 g/mol. The Morgan fingerprint density at radius 3 is 2.85 bits per heavy atom. The van der Waals surface area contributed by atoms with Gasteiger partial charge in [-0.05, 0) is 36.1 Å². The molecule has 1 saturated carbocycles. The second-order valence-electron chi connectivity index (χ2n) is 6.52. The molecule has 0 radical (unpaired) electrons. The first-order valence-electron chi connectivity index (χ1n) is 8.68. The van der Waals surface area contributed by atoms with Gasteiger partial charge in [0, 0.05) is 22.9 Å². The van der Waals surface area contributed by atoms with Gasteiger partial charge < -0.3 is 4.74 Å². The zero-order valence-electron chi connectivity index (χ0n) is 14.7. The predicted molar refractivity (Wildman–Crippen MR) is 106 cm³/mol. The van der Waals surface area contributed by atoms with E-state index >= 15 is 0 Å². The van der Waals surface area contributed by atoms with Gasteiger partial charge >= 0.3 is 0 Å². The van der Waals surface area contributed by atoms with Crippen LogP contribution in [0.3, 0.4) is 0 Å². The Labute approximate surface area is 162 Å². The van der Waals surface area contributed by atoms with Crippen LogP contribution in [0.15, 0.2) is 59.7 Å². The molecule has 2 unspecified atom stereocenters. The van der Waals surface area contributed by atoms with Crippen molar-refractivity contribution < 1.29 is 9.53 Å². The fraction of sp³-hybridized carbons (Fsp3) is 0.190. The maximum atomic E-state index is 12.3. The Bertz CT molecular complexity index is 1020. The molecule has 136 valence electrons. The second-order valence-corrected chi connectivity index (χ2v) is 6.88. The number of halogens is 1. The number of pyridine rings is 1. The van der Waals surface area contributed by atoms with E-state index in [1.54, 1.807) is 7.11 Å². The fourth-order valence-electron chi connectivity index (χ4n) is 3.16. The normalized spacial score (nSPS) is 18.6. The van der Waals surface area contributed by atoms with Crippen molar-refractivity contribution >= 4 is 34.6 Å². The number of hydrogen-bond acceptors (Lipinski definition) is 4. The summed E-state index contributed by atoms with van der Waals surface area (Å²) in [5, 5.41) is 5.30. The molecule has 2 atom stereocenters. The number of carbonyl (C=O) groups excluding carboxylic acids is 1. The third kappa shape index (κ3) is 3.78. The van der Waals surface area contributed by atoms with E-state index in [0.29, 0.717) is 10.7 Å². The first-order chi connectivity index (χ1) is 13.2. The Kier molecular flexibility index (Phi) is 4.77. The van der Waals surface area contributed by atoms with E-state index in [9.17, 15) is 4.79 Å². The SMILES string of the molecule is COc1ccc2cc(C=NNC(=O)C3CC3c3ccccc3)c(Cl)nc2c1. The molecule has 1 N–H and O–H groups in total. The number of benzene rings is 2. The Morgan fingerprint density at radius 1 is 1.26 bits per heavy atom. The van der Waals surface area contributed by atoms with Crippen LogP contribution in [0, 0.1) is 5.92 Å². The molecule has 0 aliphatic heterocycles. The zero-order chi connectivity index (χ0) is 18.8. The summed E-state index contributed by atoms with van der Waals surface area (Å²) in [5.41, 5.74) is 5.19. The molecule has 0 bridgehead atoms. The predicted octanol–water partition coefficient (Wildman–Crippen LogP) is 4.15. The molecule has 4 rings (SSSR count). The largest absolute Gasteiger partial charge is 0.497 e. The molecule has 3 aromatic rings. The van der Waals surface area contributed by atoms with Crippen molar-refractivity contribution in [2.75, 3.05) is 7.11 Å². The lowest BCUT2D eigenvalue weighted by atomic mass is 10.1. The number of methoxy groups -OCH3 is 1. The molecule has 1 fully saturated rings. The number of hydrazone groups is 1. The fourth-order valence-corrected chi connectivity index (χ4v) is 3.35. The lowest BCUT2D eigenvalue weighted by molar-refractivity contribution is -0.122. The minimum absolute atomic E-state index is 0.0257. The second kappa shape index (κ2) is 7.37. The van der Waals surface area contributed by atoms with Crippen molar-refractivity contribution in [3.63, 3.8) is 0 Å². The van der Waals surface area contributed by atoms with E-state index in [2.05, 4.69) is 27.6 Å². The summed E-state index contributed by atoms with van der Waals surface area (Å²) in [5.74, 6) is 0.899. The van der Waals surface area contributed by atoms with Gasteiger partial charge in [0.1, 0.15) is 10.9 Å². The van der Waals surface area contributed by atoms with Crippen molar-refractivity contribution in [1.82, 2.24) is 10.4 Å². The highest BCUT2D eigenvalue weighted by atomic mass is 35.5.